The highest BCUT2D eigenvalue weighted by atomic mass is 79.9. The third-order valence-corrected chi connectivity index (χ3v) is 9.66. The van der Waals surface area contributed by atoms with E-state index in [1.165, 1.54) is 12.1 Å². The van der Waals surface area contributed by atoms with Gasteiger partial charge in [0.25, 0.3) is 31.6 Å². The molecule has 2 aromatic carbocycles. The fourth-order valence-corrected chi connectivity index (χ4v) is 6.18. The predicted molar refractivity (Wildman–Crippen MR) is 118 cm³/mol. The van der Waals surface area contributed by atoms with Crippen LogP contribution in [0, 0.1) is 20.2 Å². The van der Waals surface area contributed by atoms with Crippen molar-refractivity contribution in [1.82, 2.24) is 0 Å². The zero-order chi connectivity index (χ0) is 24.4. The lowest BCUT2D eigenvalue weighted by atomic mass is 10.0. The smallest absolute Gasteiger partial charge is 0.270 e. The Morgan fingerprint density at radius 3 is 1.31 bits per heavy atom. The Hall–Kier alpha value is -1.98. The number of non-ortho nitro benzene ring substituents is 2. The molecule has 0 radical (unpaired) electrons. The fraction of sp³-hybridized carbons (Fsp3) is 0.250. The van der Waals surface area contributed by atoms with Gasteiger partial charge in [-0.2, -0.15) is 16.8 Å². The molecule has 0 heterocycles. The first-order valence-corrected chi connectivity index (χ1v) is 12.9. The van der Waals surface area contributed by atoms with Gasteiger partial charge in [-0.3, -0.25) is 28.6 Å². The van der Waals surface area contributed by atoms with Crippen molar-refractivity contribution in [2.24, 2.45) is 0 Å². The van der Waals surface area contributed by atoms with Gasteiger partial charge >= 0.3 is 0 Å². The lowest BCUT2D eigenvalue weighted by Crippen LogP contribution is -2.13. The Morgan fingerprint density at radius 2 is 1.06 bits per heavy atom. The Morgan fingerprint density at radius 1 is 0.750 bits per heavy atom. The number of nitrogens with zero attached hydrogens (tertiary/aromatic N) is 2. The summed E-state index contributed by atoms with van der Waals surface area (Å²) >= 11 is 6.57. The van der Waals surface area contributed by atoms with E-state index < -0.39 is 60.9 Å². The van der Waals surface area contributed by atoms with E-state index >= 15 is 0 Å². The first-order chi connectivity index (χ1) is 14.8. The molecule has 0 fully saturated rings. The molecule has 174 valence electrons. The average molecular weight is 618 g/mol. The maximum Gasteiger partial charge on any atom is 0.297 e. The molecule has 32 heavy (non-hydrogen) atoms. The van der Waals surface area contributed by atoms with Crippen molar-refractivity contribution in [3.63, 3.8) is 0 Å². The third-order valence-electron chi connectivity index (χ3n) is 4.24. The van der Waals surface area contributed by atoms with Gasteiger partial charge in [0.15, 0.2) is 0 Å². The van der Waals surface area contributed by atoms with Crippen LogP contribution in [0.4, 0.5) is 11.4 Å². The Bertz CT molecular complexity index is 1180. The summed E-state index contributed by atoms with van der Waals surface area (Å²) in [7, 11) is -7.03. The van der Waals surface area contributed by atoms with E-state index in [1.807, 2.05) is 0 Å². The molecule has 0 spiro atoms. The SMILES string of the molecule is COS(=O)(=O)c1cc([N+](=O)[O-])ccc1[C@@H](Br)[C@H](Br)c1ccc([N+](=O)[O-])cc1S(=O)(=O)OC. The van der Waals surface area contributed by atoms with E-state index in [0.717, 1.165) is 38.5 Å². The second kappa shape index (κ2) is 9.88. The van der Waals surface area contributed by atoms with Gasteiger partial charge in [0.2, 0.25) is 0 Å². The molecule has 0 amide bonds. The van der Waals surface area contributed by atoms with Gasteiger partial charge < -0.3 is 0 Å². The minimum Gasteiger partial charge on any atom is -0.270 e. The normalized spacial score (nSPS) is 14.0. The summed E-state index contributed by atoms with van der Waals surface area (Å²) in [6, 6.07) is 6.11. The molecule has 0 unspecified atom stereocenters. The molecule has 0 aliphatic carbocycles. The molecule has 12 nitrogen and oxygen atoms in total. The summed E-state index contributed by atoms with van der Waals surface area (Å²) in [5.74, 6) is 0. The minimum absolute atomic E-state index is 0.0124. The van der Waals surface area contributed by atoms with Crippen molar-refractivity contribution in [1.29, 1.82) is 0 Å². The highest BCUT2D eigenvalue weighted by Crippen LogP contribution is 2.47. The van der Waals surface area contributed by atoms with Crippen LogP contribution in [0.5, 0.6) is 0 Å². The molecule has 0 aromatic heterocycles. The van der Waals surface area contributed by atoms with Gasteiger partial charge in [-0.25, -0.2) is 0 Å². The summed E-state index contributed by atoms with van der Waals surface area (Å²) < 4.78 is 58.5. The summed E-state index contributed by atoms with van der Waals surface area (Å²) in [4.78, 5) is 17.6. The van der Waals surface area contributed by atoms with E-state index in [0.29, 0.717) is 0 Å². The fourth-order valence-electron chi connectivity index (χ4n) is 2.66. The van der Waals surface area contributed by atoms with Gasteiger partial charge in [-0.1, -0.05) is 31.9 Å². The first-order valence-electron chi connectivity index (χ1n) is 8.23. The molecule has 0 N–H and O–H groups in total. The zero-order valence-corrected chi connectivity index (χ0v) is 21.0. The summed E-state index contributed by atoms with van der Waals surface area (Å²) in [5, 5.41) is 22.2. The third kappa shape index (κ3) is 5.32. The maximum absolute atomic E-state index is 12.4. The number of hydrogen-bond donors (Lipinski definition) is 0. The predicted octanol–water partition coefficient (Wildman–Crippen LogP) is 3.75. The number of nitro benzene ring substituents is 2. The Balaban J connectivity index is 2.71. The average Bonchev–Trinajstić information content (AvgIpc) is 2.77. The molecule has 0 aliphatic heterocycles. The van der Waals surface area contributed by atoms with E-state index in [9.17, 15) is 37.1 Å². The highest BCUT2D eigenvalue weighted by Gasteiger charge is 2.33. The lowest BCUT2D eigenvalue weighted by Gasteiger charge is -2.22. The topological polar surface area (TPSA) is 173 Å². The number of rotatable bonds is 9. The van der Waals surface area contributed by atoms with E-state index in [2.05, 4.69) is 40.2 Å². The molecule has 0 aliphatic rings. The molecule has 16 heteroatoms. The van der Waals surface area contributed by atoms with Crippen molar-refractivity contribution in [3.8, 4) is 0 Å². The summed E-state index contributed by atoms with van der Waals surface area (Å²) in [5.41, 5.74) is -0.988. The standard InChI is InChI=1S/C16H14Br2N2O10S2/c1-29-31(25,26)13-7-9(19(21)22)3-5-11(13)15(17)16(18)12-6-4-10(20(23)24)8-14(12)32(27,28)30-2/h3-8,15-16H,1-2H3/t15-,16-/m1/s1. The number of alkyl halides is 2. The van der Waals surface area contributed by atoms with Gasteiger partial charge in [0.1, 0.15) is 9.79 Å². The van der Waals surface area contributed by atoms with Crippen LogP contribution in [0.1, 0.15) is 20.8 Å². The zero-order valence-electron chi connectivity index (χ0n) is 16.2. The van der Waals surface area contributed by atoms with Crippen LogP contribution in [0.2, 0.25) is 0 Å². The molecule has 2 rings (SSSR count). The van der Waals surface area contributed by atoms with Gasteiger partial charge in [-0.05, 0) is 23.3 Å². The number of benzene rings is 2. The molecule has 0 saturated carbocycles. The van der Waals surface area contributed by atoms with E-state index in [1.54, 1.807) is 0 Å². The molecular formula is C16H14Br2N2O10S2. The van der Waals surface area contributed by atoms with E-state index in [-0.39, 0.29) is 11.1 Å². The monoisotopic (exact) mass is 616 g/mol. The van der Waals surface area contributed by atoms with Gasteiger partial charge in [-0.15, -0.1) is 0 Å². The van der Waals surface area contributed by atoms with Crippen molar-refractivity contribution in [3.05, 3.63) is 67.8 Å². The Kier molecular flexibility index (Phi) is 8.11. The first kappa shape index (κ1) is 26.3. The van der Waals surface area contributed by atoms with Crippen LogP contribution in [0.3, 0.4) is 0 Å². The van der Waals surface area contributed by atoms with Crippen LogP contribution in [0.25, 0.3) is 0 Å². The van der Waals surface area contributed by atoms with Crippen LogP contribution >= 0.6 is 31.9 Å². The number of hydrogen-bond acceptors (Lipinski definition) is 10. The maximum atomic E-state index is 12.4. The van der Waals surface area contributed by atoms with Crippen molar-refractivity contribution in [2.75, 3.05) is 14.2 Å². The molecular weight excluding hydrogens is 604 g/mol. The van der Waals surface area contributed by atoms with Crippen LogP contribution in [-0.4, -0.2) is 40.9 Å². The summed E-state index contributed by atoms with van der Waals surface area (Å²) in [6.07, 6.45) is 0. The molecule has 0 bridgehead atoms. The van der Waals surface area contributed by atoms with Crippen molar-refractivity contribution in [2.45, 2.75) is 19.4 Å². The Labute approximate surface area is 199 Å². The van der Waals surface area contributed by atoms with Crippen molar-refractivity contribution >= 4 is 63.5 Å². The molecule has 0 saturated heterocycles. The lowest BCUT2D eigenvalue weighted by molar-refractivity contribution is -0.385. The highest BCUT2D eigenvalue weighted by molar-refractivity contribution is 9.12. The minimum atomic E-state index is -4.39. The molecule has 2 atom stereocenters. The van der Waals surface area contributed by atoms with Crippen molar-refractivity contribution < 1.29 is 35.0 Å². The van der Waals surface area contributed by atoms with Crippen LogP contribution in [-0.2, 0) is 28.6 Å². The molecule has 2 aromatic rings. The second-order valence-corrected chi connectivity index (χ2v) is 11.3. The van der Waals surface area contributed by atoms with Gasteiger partial charge in [0, 0.05) is 24.3 Å². The number of nitro groups is 2. The van der Waals surface area contributed by atoms with Gasteiger partial charge in [0.05, 0.1) is 33.7 Å². The van der Waals surface area contributed by atoms with Crippen LogP contribution < -0.4 is 0 Å². The quantitative estimate of drug-likeness (QED) is 0.174. The summed E-state index contributed by atoms with van der Waals surface area (Å²) in [6.45, 7) is 0. The van der Waals surface area contributed by atoms with E-state index in [4.69, 9.17) is 0 Å². The largest absolute Gasteiger partial charge is 0.297 e. The van der Waals surface area contributed by atoms with Crippen LogP contribution in [0.15, 0.2) is 46.2 Å². The second-order valence-electron chi connectivity index (χ2n) is 6.00. The number of halogens is 2.